The molecule has 0 bridgehead atoms. The maximum absolute atomic E-state index is 12.2. The van der Waals surface area contributed by atoms with Crippen molar-refractivity contribution in [2.75, 3.05) is 7.11 Å². The van der Waals surface area contributed by atoms with E-state index < -0.39 is 5.97 Å². The summed E-state index contributed by atoms with van der Waals surface area (Å²) in [6.07, 6.45) is 1.41. The number of hydrogen-bond acceptors (Lipinski definition) is 5. The summed E-state index contributed by atoms with van der Waals surface area (Å²) in [6, 6.07) is 0.215. The molecular formula is C12H20N4O3. The van der Waals surface area contributed by atoms with Gasteiger partial charge in [-0.05, 0) is 27.7 Å². The molecule has 1 rings (SSSR count). The van der Waals surface area contributed by atoms with E-state index in [1.54, 1.807) is 4.90 Å². The van der Waals surface area contributed by atoms with Gasteiger partial charge in [-0.25, -0.2) is 9.48 Å². The molecule has 0 aliphatic rings. The van der Waals surface area contributed by atoms with Crippen LogP contribution < -0.4 is 0 Å². The number of carbonyl (C=O) groups excluding carboxylic acids is 2. The fraction of sp³-hybridized carbons (Fsp3) is 0.667. The van der Waals surface area contributed by atoms with Crippen molar-refractivity contribution >= 4 is 11.9 Å². The second kappa shape index (κ2) is 6.31. The van der Waals surface area contributed by atoms with Gasteiger partial charge in [-0.15, -0.1) is 5.10 Å². The third-order valence-electron chi connectivity index (χ3n) is 2.63. The van der Waals surface area contributed by atoms with Gasteiger partial charge in [-0.1, -0.05) is 5.21 Å². The molecule has 0 aromatic carbocycles. The summed E-state index contributed by atoms with van der Waals surface area (Å²) < 4.78 is 5.87. The fourth-order valence-corrected chi connectivity index (χ4v) is 1.97. The van der Waals surface area contributed by atoms with E-state index in [4.69, 9.17) is 0 Å². The molecule has 1 aromatic rings. The van der Waals surface area contributed by atoms with E-state index in [0.717, 1.165) is 0 Å². The molecule has 1 heterocycles. The summed E-state index contributed by atoms with van der Waals surface area (Å²) >= 11 is 0. The number of esters is 1. The van der Waals surface area contributed by atoms with E-state index in [1.807, 2.05) is 27.7 Å². The van der Waals surface area contributed by atoms with E-state index in [0.29, 0.717) is 0 Å². The molecule has 0 radical (unpaired) electrons. The quantitative estimate of drug-likeness (QED) is 0.735. The largest absolute Gasteiger partial charge is 0.464 e. The summed E-state index contributed by atoms with van der Waals surface area (Å²) in [6.45, 7) is 7.89. The number of nitrogens with zero attached hydrogens (tertiary/aromatic N) is 4. The molecule has 1 aromatic heterocycles. The molecule has 19 heavy (non-hydrogen) atoms. The van der Waals surface area contributed by atoms with Crippen LogP contribution in [0.2, 0.25) is 0 Å². The normalized spacial score (nSPS) is 10.9. The third kappa shape index (κ3) is 3.77. The highest BCUT2D eigenvalue weighted by molar-refractivity contribution is 5.86. The molecule has 0 aliphatic heterocycles. The van der Waals surface area contributed by atoms with Crippen molar-refractivity contribution in [2.24, 2.45) is 0 Å². The van der Waals surface area contributed by atoms with Crippen molar-refractivity contribution in [1.29, 1.82) is 0 Å². The highest BCUT2D eigenvalue weighted by Gasteiger charge is 2.21. The second-order valence-electron chi connectivity index (χ2n) is 4.78. The van der Waals surface area contributed by atoms with Crippen LogP contribution in [0.5, 0.6) is 0 Å². The summed E-state index contributed by atoms with van der Waals surface area (Å²) in [5.41, 5.74) is 0.0935. The monoisotopic (exact) mass is 268 g/mol. The number of carbonyl (C=O) groups is 2. The van der Waals surface area contributed by atoms with Gasteiger partial charge < -0.3 is 9.64 Å². The average molecular weight is 268 g/mol. The zero-order valence-electron chi connectivity index (χ0n) is 12.0. The Kier molecular flexibility index (Phi) is 5.02. The van der Waals surface area contributed by atoms with Crippen molar-refractivity contribution in [2.45, 2.75) is 46.3 Å². The Bertz CT molecular complexity index is 446. The van der Waals surface area contributed by atoms with Crippen LogP contribution >= 0.6 is 0 Å². The lowest BCUT2D eigenvalue weighted by Gasteiger charge is -2.30. The van der Waals surface area contributed by atoms with Crippen LogP contribution in [0.1, 0.15) is 38.2 Å². The summed E-state index contributed by atoms with van der Waals surface area (Å²) in [5, 5.41) is 7.40. The molecule has 0 atom stereocenters. The fourth-order valence-electron chi connectivity index (χ4n) is 1.97. The molecule has 0 saturated carbocycles. The van der Waals surface area contributed by atoms with Crippen molar-refractivity contribution < 1.29 is 14.3 Å². The summed E-state index contributed by atoms with van der Waals surface area (Å²) in [4.78, 5) is 25.2. The molecule has 0 aliphatic carbocycles. The van der Waals surface area contributed by atoms with Crippen LogP contribution in [0.4, 0.5) is 0 Å². The number of hydrogen-bond donors (Lipinski definition) is 0. The van der Waals surface area contributed by atoms with E-state index in [2.05, 4.69) is 15.0 Å². The van der Waals surface area contributed by atoms with E-state index in [9.17, 15) is 9.59 Å². The first-order valence-electron chi connectivity index (χ1n) is 6.16. The molecule has 7 nitrogen and oxygen atoms in total. The van der Waals surface area contributed by atoms with Gasteiger partial charge in [0.05, 0.1) is 13.3 Å². The second-order valence-corrected chi connectivity index (χ2v) is 4.78. The molecule has 7 heteroatoms. The van der Waals surface area contributed by atoms with Crippen LogP contribution in [0.3, 0.4) is 0 Å². The Labute approximate surface area is 112 Å². The zero-order chi connectivity index (χ0) is 14.6. The topological polar surface area (TPSA) is 77.3 Å². The van der Waals surface area contributed by atoms with Crippen molar-refractivity contribution in [3.63, 3.8) is 0 Å². The van der Waals surface area contributed by atoms with Gasteiger partial charge in [0, 0.05) is 12.1 Å². The van der Waals surface area contributed by atoms with Gasteiger partial charge in [0.15, 0.2) is 5.69 Å². The van der Waals surface area contributed by atoms with Gasteiger partial charge in [-0.3, -0.25) is 4.79 Å². The maximum Gasteiger partial charge on any atom is 0.360 e. The summed E-state index contributed by atoms with van der Waals surface area (Å²) in [7, 11) is 1.27. The Hall–Kier alpha value is -1.92. The van der Waals surface area contributed by atoms with E-state index in [1.165, 1.54) is 18.0 Å². The molecule has 0 unspecified atom stereocenters. The first-order valence-corrected chi connectivity index (χ1v) is 6.16. The molecule has 0 fully saturated rings. The minimum absolute atomic E-state index is 0.0559. The minimum Gasteiger partial charge on any atom is -0.464 e. The Morgan fingerprint density at radius 3 is 2.37 bits per heavy atom. The Morgan fingerprint density at radius 1 is 1.32 bits per heavy atom. The van der Waals surface area contributed by atoms with Crippen molar-refractivity contribution in [3.05, 3.63) is 11.9 Å². The number of methoxy groups -OCH3 is 1. The lowest BCUT2D eigenvalue weighted by molar-refractivity contribution is -0.135. The zero-order valence-corrected chi connectivity index (χ0v) is 12.0. The van der Waals surface area contributed by atoms with Crippen LogP contribution in [-0.4, -0.2) is 51.0 Å². The van der Waals surface area contributed by atoms with Gasteiger partial charge in [-0.2, -0.15) is 0 Å². The Balaban J connectivity index is 2.76. The third-order valence-corrected chi connectivity index (χ3v) is 2.63. The van der Waals surface area contributed by atoms with Crippen LogP contribution in [-0.2, 0) is 16.1 Å². The predicted octanol–water partition coefficient (Wildman–Crippen LogP) is 0.710. The number of aromatic nitrogens is 3. The van der Waals surface area contributed by atoms with Crippen LogP contribution in [0, 0.1) is 0 Å². The smallest absolute Gasteiger partial charge is 0.360 e. The maximum atomic E-state index is 12.2. The molecular weight excluding hydrogens is 248 g/mol. The number of rotatable bonds is 5. The van der Waals surface area contributed by atoms with Gasteiger partial charge >= 0.3 is 5.97 Å². The first-order chi connectivity index (χ1) is 8.86. The van der Waals surface area contributed by atoms with E-state index >= 15 is 0 Å². The molecule has 106 valence electrons. The standard InChI is InChI=1S/C12H20N4O3/c1-8(2)16(9(3)4)11(17)7-15-6-10(13-14-15)12(18)19-5/h6,8-9H,7H2,1-5H3. The molecule has 1 amide bonds. The molecule has 0 N–H and O–H groups in total. The predicted molar refractivity (Wildman–Crippen MR) is 68.5 cm³/mol. The van der Waals surface area contributed by atoms with Gasteiger partial charge in [0.25, 0.3) is 0 Å². The average Bonchev–Trinajstić information content (AvgIpc) is 2.75. The van der Waals surface area contributed by atoms with Gasteiger partial charge in [0.1, 0.15) is 6.54 Å². The highest BCUT2D eigenvalue weighted by Crippen LogP contribution is 2.07. The first kappa shape index (κ1) is 15.1. The summed E-state index contributed by atoms with van der Waals surface area (Å²) in [5.74, 6) is -0.630. The lowest BCUT2D eigenvalue weighted by Crippen LogP contribution is -2.43. The number of ether oxygens (including phenoxy) is 1. The Morgan fingerprint density at radius 2 is 1.89 bits per heavy atom. The SMILES string of the molecule is COC(=O)c1cn(CC(=O)N(C(C)C)C(C)C)nn1. The van der Waals surface area contributed by atoms with Crippen molar-refractivity contribution in [3.8, 4) is 0 Å². The van der Waals surface area contributed by atoms with E-state index in [-0.39, 0.29) is 30.2 Å². The lowest BCUT2D eigenvalue weighted by atomic mass is 10.2. The minimum atomic E-state index is -0.566. The molecule has 0 spiro atoms. The van der Waals surface area contributed by atoms with Gasteiger partial charge in [0.2, 0.25) is 5.91 Å². The van der Waals surface area contributed by atoms with Crippen molar-refractivity contribution in [1.82, 2.24) is 19.9 Å². The number of amides is 1. The molecule has 0 saturated heterocycles. The van der Waals surface area contributed by atoms with Crippen LogP contribution in [0.15, 0.2) is 6.20 Å². The highest BCUT2D eigenvalue weighted by atomic mass is 16.5. The van der Waals surface area contributed by atoms with Crippen LogP contribution in [0.25, 0.3) is 0 Å².